The third kappa shape index (κ3) is 1.81. The molecule has 2 N–H and O–H groups in total. The zero-order chi connectivity index (χ0) is 13.7. The molecular formula is C15H22N4. The van der Waals surface area contributed by atoms with Crippen LogP contribution in [0.25, 0.3) is 11.0 Å². The summed E-state index contributed by atoms with van der Waals surface area (Å²) in [6.45, 7) is 8.55. The van der Waals surface area contributed by atoms with Gasteiger partial charge in [-0.15, -0.1) is 0 Å². The molecule has 1 aliphatic carbocycles. The molecule has 0 bridgehead atoms. The lowest BCUT2D eigenvalue weighted by Gasteiger charge is -2.16. The Morgan fingerprint density at radius 3 is 2.53 bits per heavy atom. The standard InChI is InChI=1S/C15H22N4/c1-8-5-6-12(7-8)19-10(3)9(2)13-14(16)17-11(4)18-15(13)19/h8,12H,5-7H2,1-4H3,(H2,16,17,18). The monoisotopic (exact) mass is 258 g/mol. The van der Waals surface area contributed by atoms with Crippen LogP contribution in [0.3, 0.4) is 0 Å². The number of aromatic nitrogens is 3. The molecule has 1 fully saturated rings. The molecule has 102 valence electrons. The molecule has 0 aliphatic heterocycles. The average molecular weight is 258 g/mol. The minimum atomic E-state index is 0.569. The van der Waals surface area contributed by atoms with Gasteiger partial charge in [0.05, 0.1) is 5.39 Å². The Balaban J connectivity index is 2.26. The summed E-state index contributed by atoms with van der Waals surface area (Å²) >= 11 is 0. The van der Waals surface area contributed by atoms with Crippen molar-refractivity contribution in [2.45, 2.75) is 53.0 Å². The van der Waals surface area contributed by atoms with Crippen LogP contribution in [0.2, 0.25) is 0 Å². The Morgan fingerprint density at radius 1 is 1.16 bits per heavy atom. The van der Waals surface area contributed by atoms with Crippen LogP contribution < -0.4 is 5.73 Å². The quantitative estimate of drug-likeness (QED) is 0.853. The predicted molar refractivity (Wildman–Crippen MR) is 78.2 cm³/mol. The van der Waals surface area contributed by atoms with Crippen molar-refractivity contribution < 1.29 is 0 Å². The molecule has 2 unspecified atom stereocenters. The summed E-state index contributed by atoms with van der Waals surface area (Å²) in [6, 6.07) is 0.569. The number of aryl methyl sites for hydroxylation is 2. The normalized spacial score (nSPS) is 23.4. The fourth-order valence-electron chi connectivity index (χ4n) is 3.49. The lowest BCUT2D eigenvalue weighted by atomic mass is 10.1. The summed E-state index contributed by atoms with van der Waals surface area (Å²) in [4.78, 5) is 8.97. The van der Waals surface area contributed by atoms with Crippen molar-refractivity contribution in [3.05, 3.63) is 17.1 Å². The highest BCUT2D eigenvalue weighted by molar-refractivity contribution is 5.91. The molecule has 0 radical (unpaired) electrons. The van der Waals surface area contributed by atoms with Crippen molar-refractivity contribution in [1.82, 2.24) is 14.5 Å². The van der Waals surface area contributed by atoms with Gasteiger partial charge >= 0.3 is 0 Å². The van der Waals surface area contributed by atoms with Gasteiger partial charge in [0.15, 0.2) is 0 Å². The second kappa shape index (κ2) is 4.22. The van der Waals surface area contributed by atoms with Crippen molar-refractivity contribution in [2.24, 2.45) is 5.92 Å². The predicted octanol–water partition coefficient (Wildman–Crippen LogP) is 3.30. The van der Waals surface area contributed by atoms with E-state index in [9.17, 15) is 0 Å². The van der Waals surface area contributed by atoms with Crippen LogP contribution in [-0.4, -0.2) is 14.5 Å². The fraction of sp³-hybridized carbons (Fsp3) is 0.600. The van der Waals surface area contributed by atoms with Crippen LogP contribution in [0.1, 0.15) is 49.3 Å². The van der Waals surface area contributed by atoms with Crippen LogP contribution in [0.15, 0.2) is 0 Å². The van der Waals surface area contributed by atoms with E-state index in [0.29, 0.717) is 11.9 Å². The molecule has 4 nitrogen and oxygen atoms in total. The number of fused-ring (bicyclic) bond motifs is 1. The van der Waals surface area contributed by atoms with E-state index < -0.39 is 0 Å². The maximum absolute atomic E-state index is 6.10. The molecule has 2 aromatic heterocycles. The minimum absolute atomic E-state index is 0.569. The van der Waals surface area contributed by atoms with Crippen molar-refractivity contribution in [3.63, 3.8) is 0 Å². The third-order valence-corrected chi connectivity index (χ3v) is 4.57. The molecule has 2 aromatic rings. The summed E-state index contributed by atoms with van der Waals surface area (Å²) in [5, 5.41) is 1.04. The largest absolute Gasteiger partial charge is 0.383 e. The minimum Gasteiger partial charge on any atom is -0.383 e. The summed E-state index contributed by atoms with van der Waals surface area (Å²) in [6.07, 6.45) is 3.80. The molecule has 0 amide bonds. The maximum Gasteiger partial charge on any atom is 0.146 e. The fourth-order valence-corrected chi connectivity index (χ4v) is 3.49. The summed E-state index contributed by atoms with van der Waals surface area (Å²) in [5.74, 6) is 2.19. The van der Waals surface area contributed by atoms with Crippen molar-refractivity contribution >= 4 is 16.9 Å². The SMILES string of the molecule is Cc1nc(N)c2c(C)c(C)n(C3CCC(C)C3)c2n1. The zero-order valence-electron chi connectivity index (χ0n) is 12.2. The van der Waals surface area contributed by atoms with Gasteiger partial charge in [-0.05, 0) is 51.5 Å². The van der Waals surface area contributed by atoms with E-state index in [0.717, 1.165) is 22.8 Å². The van der Waals surface area contributed by atoms with Crippen molar-refractivity contribution in [2.75, 3.05) is 5.73 Å². The Hall–Kier alpha value is -1.58. The van der Waals surface area contributed by atoms with Gasteiger partial charge in [0.1, 0.15) is 17.3 Å². The number of anilines is 1. The van der Waals surface area contributed by atoms with E-state index in [1.165, 1.54) is 30.5 Å². The molecule has 0 aromatic carbocycles. The molecule has 1 aliphatic rings. The van der Waals surface area contributed by atoms with Gasteiger partial charge in [-0.25, -0.2) is 9.97 Å². The van der Waals surface area contributed by atoms with E-state index in [-0.39, 0.29) is 0 Å². The van der Waals surface area contributed by atoms with E-state index in [1.807, 2.05) is 6.92 Å². The molecule has 2 atom stereocenters. The van der Waals surface area contributed by atoms with E-state index in [2.05, 4.69) is 35.3 Å². The smallest absolute Gasteiger partial charge is 0.146 e. The van der Waals surface area contributed by atoms with Crippen LogP contribution >= 0.6 is 0 Å². The van der Waals surface area contributed by atoms with Crippen molar-refractivity contribution in [3.8, 4) is 0 Å². The second-order valence-electron chi connectivity index (χ2n) is 6.01. The highest BCUT2D eigenvalue weighted by Gasteiger charge is 2.27. The highest BCUT2D eigenvalue weighted by Crippen LogP contribution is 2.39. The van der Waals surface area contributed by atoms with Gasteiger partial charge < -0.3 is 10.3 Å². The van der Waals surface area contributed by atoms with E-state index in [1.54, 1.807) is 0 Å². The first-order valence-electron chi connectivity index (χ1n) is 7.10. The number of nitrogen functional groups attached to an aromatic ring is 1. The number of rotatable bonds is 1. The zero-order valence-corrected chi connectivity index (χ0v) is 12.2. The van der Waals surface area contributed by atoms with E-state index >= 15 is 0 Å². The Bertz CT molecular complexity index is 641. The third-order valence-electron chi connectivity index (χ3n) is 4.57. The van der Waals surface area contributed by atoms with Gasteiger partial charge in [-0.3, -0.25) is 0 Å². The van der Waals surface area contributed by atoms with Gasteiger partial charge in [0.2, 0.25) is 0 Å². The topological polar surface area (TPSA) is 56.7 Å². The van der Waals surface area contributed by atoms with Gasteiger partial charge in [0.25, 0.3) is 0 Å². The number of nitrogens with zero attached hydrogens (tertiary/aromatic N) is 3. The molecule has 3 rings (SSSR count). The number of nitrogens with two attached hydrogens (primary N) is 1. The Morgan fingerprint density at radius 2 is 1.89 bits per heavy atom. The lowest BCUT2D eigenvalue weighted by molar-refractivity contribution is 0.495. The van der Waals surface area contributed by atoms with E-state index in [4.69, 9.17) is 5.73 Å². The van der Waals surface area contributed by atoms with Crippen LogP contribution in [0, 0.1) is 26.7 Å². The first-order valence-corrected chi connectivity index (χ1v) is 7.10. The van der Waals surface area contributed by atoms with Crippen molar-refractivity contribution in [1.29, 1.82) is 0 Å². The maximum atomic E-state index is 6.10. The molecule has 19 heavy (non-hydrogen) atoms. The molecule has 4 heteroatoms. The van der Waals surface area contributed by atoms with Gasteiger partial charge in [-0.2, -0.15) is 0 Å². The average Bonchev–Trinajstić information content (AvgIpc) is 2.83. The summed E-state index contributed by atoms with van der Waals surface area (Å²) < 4.78 is 2.40. The second-order valence-corrected chi connectivity index (χ2v) is 6.01. The first-order chi connectivity index (χ1) is 8.99. The van der Waals surface area contributed by atoms with Crippen LogP contribution in [-0.2, 0) is 0 Å². The molecular weight excluding hydrogens is 236 g/mol. The number of hydrogen-bond acceptors (Lipinski definition) is 3. The van der Waals surface area contributed by atoms with Gasteiger partial charge in [0, 0.05) is 11.7 Å². The summed E-state index contributed by atoms with van der Waals surface area (Å²) in [7, 11) is 0. The Labute approximate surface area is 114 Å². The lowest BCUT2D eigenvalue weighted by Crippen LogP contribution is -2.09. The highest BCUT2D eigenvalue weighted by atomic mass is 15.1. The number of hydrogen-bond donors (Lipinski definition) is 1. The molecule has 0 saturated heterocycles. The van der Waals surface area contributed by atoms with Gasteiger partial charge in [-0.1, -0.05) is 6.92 Å². The summed E-state index contributed by atoms with van der Waals surface area (Å²) in [5.41, 5.74) is 9.65. The Kier molecular flexibility index (Phi) is 2.77. The molecule has 0 spiro atoms. The molecule has 2 heterocycles. The van der Waals surface area contributed by atoms with Crippen LogP contribution in [0.4, 0.5) is 5.82 Å². The first kappa shape index (κ1) is 12.5. The molecule has 1 saturated carbocycles. The van der Waals surface area contributed by atoms with Crippen LogP contribution in [0.5, 0.6) is 0 Å².